The summed E-state index contributed by atoms with van der Waals surface area (Å²) in [5, 5.41) is 3.23. The molecule has 0 amide bonds. The van der Waals surface area contributed by atoms with E-state index in [-0.39, 0.29) is 6.04 Å². The number of nitrogens with zero attached hydrogens (tertiary/aromatic N) is 1. The summed E-state index contributed by atoms with van der Waals surface area (Å²) in [5.74, 6) is -0.476. The van der Waals surface area contributed by atoms with E-state index in [1.807, 2.05) is 0 Å². The van der Waals surface area contributed by atoms with Gasteiger partial charge in [0.05, 0.1) is 18.5 Å². The molecule has 1 aromatic heterocycles. The van der Waals surface area contributed by atoms with E-state index in [4.69, 9.17) is 10.5 Å². The van der Waals surface area contributed by atoms with Gasteiger partial charge < -0.3 is 15.8 Å². The topological polar surface area (TPSA) is 60.2 Å². The zero-order chi connectivity index (χ0) is 11.8. The highest BCUT2D eigenvalue weighted by Crippen LogP contribution is 2.10. The number of rotatable bonds is 7. The molecule has 0 aliphatic carbocycles. The van der Waals surface area contributed by atoms with Crippen LogP contribution in [0.15, 0.2) is 18.3 Å². The summed E-state index contributed by atoms with van der Waals surface area (Å²) in [4.78, 5) is 3.58. The Hall–Kier alpha value is -1.20. The molecule has 0 aromatic carbocycles. The van der Waals surface area contributed by atoms with Gasteiger partial charge in [0.1, 0.15) is 0 Å². The van der Waals surface area contributed by atoms with Crippen LogP contribution in [0.3, 0.4) is 0 Å². The highest BCUT2D eigenvalue weighted by atomic mass is 19.1. The van der Waals surface area contributed by atoms with Crippen LogP contribution in [0.4, 0.5) is 10.1 Å². The Morgan fingerprint density at radius 2 is 2.38 bits per heavy atom. The van der Waals surface area contributed by atoms with Gasteiger partial charge in [-0.2, -0.15) is 4.39 Å². The standard InChI is InChI=1S/C11H18FN3O/c1-16-8-10(3-2-6-13)15-9-4-5-11(12)14-7-9/h4-5,7,10,15H,2-3,6,8,13H2,1H3. The van der Waals surface area contributed by atoms with Crippen LogP contribution in [-0.2, 0) is 4.74 Å². The predicted octanol–water partition coefficient (Wildman–Crippen LogP) is 1.39. The second-order valence-corrected chi connectivity index (χ2v) is 3.60. The van der Waals surface area contributed by atoms with E-state index in [2.05, 4.69) is 10.3 Å². The molecule has 1 rings (SSSR count). The zero-order valence-electron chi connectivity index (χ0n) is 9.45. The summed E-state index contributed by atoms with van der Waals surface area (Å²) < 4.78 is 17.7. The molecule has 0 saturated heterocycles. The Labute approximate surface area is 95.0 Å². The largest absolute Gasteiger partial charge is 0.383 e. The quantitative estimate of drug-likeness (QED) is 0.691. The van der Waals surface area contributed by atoms with E-state index in [9.17, 15) is 4.39 Å². The fraction of sp³-hybridized carbons (Fsp3) is 0.545. The highest BCUT2D eigenvalue weighted by molar-refractivity contribution is 5.40. The summed E-state index contributed by atoms with van der Waals surface area (Å²) in [6, 6.07) is 3.17. The van der Waals surface area contributed by atoms with E-state index in [0.29, 0.717) is 13.2 Å². The second kappa shape index (κ2) is 7.14. The minimum Gasteiger partial charge on any atom is -0.383 e. The molecule has 1 unspecified atom stereocenters. The molecule has 0 aliphatic rings. The molecule has 3 N–H and O–H groups in total. The van der Waals surface area contributed by atoms with Crippen molar-refractivity contribution in [3.05, 3.63) is 24.3 Å². The van der Waals surface area contributed by atoms with Crippen molar-refractivity contribution >= 4 is 5.69 Å². The number of methoxy groups -OCH3 is 1. The fourth-order valence-electron chi connectivity index (χ4n) is 1.46. The number of nitrogens with two attached hydrogens (primary N) is 1. The van der Waals surface area contributed by atoms with Gasteiger partial charge in [0.25, 0.3) is 0 Å². The van der Waals surface area contributed by atoms with Crippen molar-refractivity contribution in [3.8, 4) is 0 Å². The normalized spacial score (nSPS) is 12.4. The van der Waals surface area contributed by atoms with Gasteiger partial charge in [0.15, 0.2) is 0 Å². The number of halogens is 1. The van der Waals surface area contributed by atoms with Crippen molar-refractivity contribution in [1.29, 1.82) is 0 Å². The van der Waals surface area contributed by atoms with E-state index in [0.717, 1.165) is 18.5 Å². The first kappa shape index (κ1) is 12.9. The molecule has 5 heteroatoms. The van der Waals surface area contributed by atoms with Crippen LogP contribution in [0.25, 0.3) is 0 Å². The van der Waals surface area contributed by atoms with Gasteiger partial charge in [-0.3, -0.25) is 0 Å². The molecular formula is C11H18FN3O. The molecule has 90 valence electrons. The maximum absolute atomic E-state index is 12.6. The summed E-state index contributed by atoms with van der Waals surface area (Å²) >= 11 is 0. The van der Waals surface area contributed by atoms with Crippen molar-refractivity contribution < 1.29 is 9.13 Å². The number of anilines is 1. The molecule has 0 radical (unpaired) electrons. The Bertz CT molecular complexity index is 292. The predicted molar refractivity (Wildman–Crippen MR) is 61.8 cm³/mol. The smallest absolute Gasteiger partial charge is 0.212 e. The lowest BCUT2D eigenvalue weighted by molar-refractivity contribution is 0.182. The molecule has 0 aliphatic heterocycles. The van der Waals surface area contributed by atoms with Gasteiger partial charge in [-0.15, -0.1) is 0 Å². The summed E-state index contributed by atoms with van der Waals surface area (Å²) in [6.45, 7) is 1.25. The van der Waals surface area contributed by atoms with Crippen LogP contribution in [0, 0.1) is 5.95 Å². The number of aromatic nitrogens is 1. The SMILES string of the molecule is COCC(CCCN)Nc1ccc(F)nc1. The first-order valence-electron chi connectivity index (χ1n) is 5.33. The molecule has 0 spiro atoms. The number of nitrogens with one attached hydrogen (secondary N) is 1. The maximum atomic E-state index is 12.6. The van der Waals surface area contributed by atoms with Crippen molar-refractivity contribution in [2.24, 2.45) is 5.73 Å². The Kier molecular flexibility index (Phi) is 5.74. The van der Waals surface area contributed by atoms with Gasteiger partial charge >= 0.3 is 0 Å². The van der Waals surface area contributed by atoms with Crippen LogP contribution in [0.1, 0.15) is 12.8 Å². The number of hydrogen-bond donors (Lipinski definition) is 2. The third-order valence-corrected chi connectivity index (χ3v) is 2.22. The van der Waals surface area contributed by atoms with E-state index in [1.54, 1.807) is 13.2 Å². The van der Waals surface area contributed by atoms with Crippen LogP contribution in [-0.4, -0.2) is 31.3 Å². The van der Waals surface area contributed by atoms with Crippen LogP contribution >= 0.6 is 0 Å². The van der Waals surface area contributed by atoms with Crippen molar-refractivity contribution in [1.82, 2.24) is 4.98 Å². The molecule has 1 aromatic rings. The van der Waals surface area contributed by atoms with Crippen molar-refractivity contribution in [3.63, 3.8) is 0 Å². The summed E-state index contributed by atoms with van der Waals surface area (Å²) in [5.41, 5.74) is 6.25. The molecule has 0 saturated carbocycles. The molecule has 1 heterocycles. The third kappa shape index (κ3) is 4.55. The molecule has 0 fully saturated rings. The van der Waals surface area contributed by atoms with Gasteiger partial charge in [0, 0.05) is 13.2 Å². The molecule has 16 heavy (non-hydrogen) atoms. The average molecular weight is 227 g/mol. The molecule has 4 nitrogen and oxygen atoms in total. The van der Waals surface area contributed by atoms with E-state index in [1.165, 1.54) is 12.3 Å². The van der Waals surface area contributed by atoms with E-state index >= 15 is 0 Å². The van der Waals surface area contributed by atoms with Crippen molar-refractivity contribution in [2.45, 2.75) is 18.9 Å². The zero-order valence-corrected chi connectivity index (χ0v) is 9.45. The minimum absolute atomic E-state index is 0.181. The van der Waals surface area contributed by atoms with Crippen LogP contribution in [0.2, 0.25) is 0 Å². The summed E-state index contributed by atoms with van der Waals surface area (Å²) in [6.07, 6.45) is 3.32. The minimum atomic E-state index is -0.476. The molecular weight excluding hydrogens is 209 g/mol. The molecule has 1 atom stereocenters. The monoisotopic (exact) mass is 227 g/mol. The van der Waals surface area contributed by atoms with Crippen LogP contribution < -0.4 is 11.1 Å². The molecule has 0 bridgehead atoms. The van der Waals surface area contributed by atoms with Gasteiger partial charge in [0.2, 0.25) is 5.95 Å². The number of ether oxygens (including phenoxy) is 1. The lowest BCUT2D eigenvalue weighted by Gasteiger charge is -2.18. The first-order chi connectivity index (χ1) is 7.76. The first-order valence-corrected chi connectivity index (χ1v) is 5.33. The lowest BCUT2D eigenvalue weighted by atomic mass is 10.1. The fourth-order valence-corrected chi connectivity index (χ4v) is 1.46. The van der Waals surface area contributed by atoms with Crippen molar-refractivity contribution in [2.75, 3.05) is 25.6 Å². The van der Waals surface area contributed by atoms with Crippen LogP contribution in [0.5, 0.6) is 0 Å². The number of pyridine rings is 1. The van der Waals surface area contributed by atoms with Gasteiger partial charge in [-0.25, -0.2) is 4.98 Å². The third-order valence-electron chi connectivity index (χ3n) is 2.22. The Morgan fingerprint density at radius 3 is 2.94 bits per heavy atom. The Balaban J connectivity index is 2.49. The number of hydrogen-bond acceptors (Lipinski definition) is 4. The maximum Gasteiger partial charge on any atom is 0.212 e. The second-order valence-electron chi connectivity index (χ2n) is 3.60. The van der Waals surface area contributed by atoms with Gasteiger partial charge in [-0.1, -0.05) is 0 Å². The van der Waals surface area contributed by atoms with Gasteiger partial charge in [-0.05, 0) is 31.5 Å². The Morgan fingerprint density at radius 1 is 1.56 bits per heavy atom. The summed E-state index contributed by atoms with van der Waals surface area (Å²) in [7, 11) is 1.65. The lowest BCUT2D eigenvalue weighted by Crippen LogP contribution is -2.25. The highest BCUT2D eigenvalue weighted by Gasteiger charge is 2.07. The van der Waals surface area contributed by atoms with E-state index < -0.39 is 5.95 Å². The average Bonchev–Trinajstić information content (AvgIpc) is 2.29.